The molecule has 0 aliphatic carbocycles. The van der Waals surface area contributed by atoms with E-state index in [2.05, 4.69) is 0 Å². The normalized spacial score (nSPS) is 18.1. The van der Waals surface area contributed by atoms with Crippen LogP contribution in [0, 0.1) is 11.6 Å². The van der Waals surface area contributed by atoms with E-state index in [9.17, 15) is 13.6 Å². The van der Waals surface area contributed by atoms with Crippen molar-refractivity contribution in [3.05, 3.63) is 35.4 Å². The number of hydrogen-bond acceptors (Lipinski definition) is 3. The highest BCUT2D eigenvalue weighted by Gasteiger charge is 2.36. The number of carbonyl (C=O) groups excluding carboxylic acids is 1. The number of amides is 1. The number of methoxy groups -OCH3 is 2. The first-order valence-electron chi connectivity index (χ1n) is 6.36. The van der Waals surface area contributed by atoms with Crippen molar-refractivity contribution in [3.63, 3.8) is 0 Å². The zero-order valence-corrected chi connectivity index (χ0v) is 11.5. The molecule has 2 rings (SSSR count). The van der Waals surface area contributed by atoms with Crippen LogP contribution in [0.5, 0.6) is 0 Å². The first kappa shape index (κ1) is 14.9. The minimum Gasteiger partial charge on any atom is -0.353 e. The van der Waals surface area contributed by atoms with Gasteiger partial charge in [-0.25, -0.2) is 8.78 Å². The predicted octanol–water partition coefficient (Wildman–Crippen LogP) is 2.19. The molecule has 0 saturated carbocycles. The van der Waals surface area contributed by atoms with Gasteiger partial charge in [-0.3, -0.25) is 4.79 Å². The molecule has 0 unspecified atom stereocenters. The lowest BCUT2D eigenvalue weighted by Gasteiger charge is -2.39. The second-order valence-corrected chi connectivity index (χ2v) is 4.74. The first-order valence-corrected chi connectivity index (χ1v) is 6.36. The van der Waals surface area contributed by atoms with Gasteiger partial charge in [0.1, 0.15) is 11.6 Å². The average molecular weight is 285 g/mol. The number of nitrogens with zero attached hydrogens (tertiary/aromatic N) is 1. The van der Waals surface area contributed by atoms with Crippen molar-refractivity contribution in [2.75, 3.05) is 27.3 Å². The van der Waals surface area contributed by atoms with Crippen molar-refractivity contribution in [2.24, 2.45) is 0 Å². The Bertz CT molecular complexity index is 493. The van der Waals surface area contributed by atoms with E-state index in [-0.39, 0.29) is 5.56 Å². The highest BCUT2D eigenvalue weighted by Crippen LogP contribution is 2.27. The summed E-state index contributed by atoms with van der Waals surface area (Å²) in [6, 6.07) is 2.96. The van der Waals surface area contributed by atoms with E-state index in [4.69, 9.17) is 9.47 Å². The van der Waals surface area contributed by atoms with Gasteiger partial charge in [-0.15, -0.1) is 0 Å². The molecule has 1 aliphatic heterocycles. The molecule has 4 nitrogen and oxygen atoms in total. The molecule has 20 heavy (non-hydrogen) atoms. The van der Waals surface area contributed by atoms with E-state index in [1.54, 1.807) is 14.2 Å². The third-order valence-electron chi connectivity index (χ3n) is 3.72. The molecule has 0 spiro atoms. The molecule has 0 radical (unpaired) electrons. The van der Waals surface area contributed by atoms with Crippen molar-refractivity contribution in [1.82, 2.24) is 4.90 Å². The van der Waals surface area contributed by atoms with E-state index in [0.29, 0.717) is 32.0 Å². The van der Waals surface area contributed by atoms with E-state index in [0.717, 1.165) is 6.07 Å². The Morgan fingerprint density at radius 1 is 1.20 bits per heavy atom. The lowest BCUT2D eigenvalue weighted by atomic mass is 10.0. The summed E-state index contributed by atoms with van der Waals surface area (Å²) < 4.78 is 37.1. The molecule has 110 valence electrons. The van der Waals surface area contributed by atoms with Crippen LogP contribution in [0.2, 0.25) is 0 Å². The Kier molecular flexibility index (Phi) is 4.35. The summed E-state index contributed by atoms with van der Waals surface area (Å²) in [6.45, 7) is 0.800. The van der Waals surface area contributed by atoms with Crippen LogP contribution in [-0.2, 0) is 9.47 Å². The van der Waals surface area contributed by atoms with Crippen molar-refractivity contribution >= 4 is 5.91 Å². The van der Waals surface area contributed by atoms with Crippen molar-refractivity contribution in [1.29, 1.82) is 0 Å². The summed E-state index contributed by atoms with van der Waals surface area (Å²) in [5.41, 5.74) is -0.117. The Hall–Kier alpha value is -1.53. The smallest absolute Gasteiger partial charge is 0.256 e. The number of likely N-dealkylation sites (tertiary alicyclic amines) is 1. The van der Waals surface area contributed by atoms with Gasteiger partial charge in [-0.2, -0.15) is 0 Å². The fourth-order valence-electron chi connectivity index (χ4n) is 2.38. The van der Waals surface area contributed by atoms with Crippen molar-refractivity contribution in [3.8, 4) is 0 Å². The zero-order valence-electron chi connectivity index (χ0n) is 11.5. The van der Waals surface area contributed by atoms with Crippen LogP contribution in [0.4, 0.5) is 8.78 Å². The van der Waals surface area contributed by atoms with E-state index < -0.39 is 23.3 Å². The summed E-state index contributed by atoms with van der Waals surface area (Å²) in [5.74, 6) is -2.66. The third-order valence-corrected chi connectivity index (χ3v) is 3.72. The second kappa shape index (κ2) is 5.85. The molecule has 1 amide bonds. The zero-order chi connectivity index (χ0) is 14.8. The summed E-state index contributed by atoms with van der Waals surface area (Å²) in [4.78, 5) is 13.7. The molecule has 6 heteroatoms. The van der Waals surface area contributed by atoms with Crippen LogP contribution in [-0.4, -0.2) is 43.9 Å². The molecule has 1 fully saturated rings. The maximum absolute atomic E-state index is 13.6. The van der Waals surface area contributed by atoms with Gasteiger partial charge in [0.2, 0.25) is 0 Å². The molecule has 0 atom stereocenters. The maximum atomic E-state index is 13.6. The molecule has 0 aromatic heterocycles. The Morgan fingerprint density at radius 2 is 1.80 bits per heavy atom. The lowest BCUT2D eigenvalue weighted by molar-refractivity contribution is -0.226. The summed E-state index contributed by atoms with van der Waals surface area (Å²) >= 11 is 0. The molecular formula is C14H17F2NO3. The fraction of sp³-hybridized carbons (Fsp3) is 0.500. The van der Waals surface area contributed by atoms with Crippen LogP contribution in [0.3, 0.4) is 0 Å². The molecule has 0 bridgehead atoms. The van der Waals surface area contributed by atoms with Gasteiger partial charge >= 0.3 is 0 Å². The highest BCUT2D eigenvalue weighted by atomic mass is 19.1. The van der Waals surface area contributed by atoms with E-state index >= 15 is 0 Å². The fourth-order valence-corrected chi connectivity index (χ4v) is 2.38. The van der Waals surface area contributed by atoms with Crippen LogP contribution in [0.15, 0.2) is 18.2 Å². The van der Waals surface area contributed by atoms with Crippen LogP contribution >= 0.6 is 0 Å². The first-order chi connectivity index (χ1) is 9.51. The summed E-state index contributed by atoms with van der Waals surface area (Å²) in [5, 5.41) is 0. The number of benzene rings is 1. The molecule has 1 saturated heterocycles. The van der Waals surface area contributed by atoms with Gasteiger partial charge < -0.3 is 14.4 Å². The Labute approximate surface area is 116 Å². The topological polar surface area (TPSA) is 38.8 Å². The van der Waals surface area contributed by atoms with Gasteiger partial charge in [0.25, 0.3) is 5.91 Å². The van der Waals surface area contributed by atoms with Crippen molar-refractivity contribution in [2.45, 2.75) is 18.6 Å². The minimum absolute atomic E-state index is 0.117. The number of rotatable bonds is 3. The Morgan fingerprint density at radius 3 is 2.30 bits per heavy atom. The molecule has 1 aromatic rings. The Balaban J connectivity index is 2.09. The van der Waals surface area contributed by atoms with Crippen LogP contribution in [0.1, 0.15) is 23.2 Å². The molecular weight excluding hydrogens is 268 g/mol. The largest absolute Gasteiger partial charge is 0.353 e. The van der Waals surface area contributed by atoms with Gasteiger partial charge in [0.05, 0.1) is 5.56 Å². The average Bonchev–Trinajstić information content (AvgIpc) is 2.47. The summed E-state index contributed by atoms with van der Waals surface area (Å²) in [6.07, 6.45) is 1.02. The van der Waals surface area contributed by atoms with Gasteiger partial charge in [0.15, 0.2) is 5.79 Å². The number of piperidine rings is 1. The minimum atomic E-state index is -0.842. The summed E-state index contributed by atoms with van der Waals surface area (Å²) in [7, 11) is 3.11. The van der Waals surface area contributed by atoms with Gasteiger partial charge in [0, 0.05) is 46.2 Å². The number of hydrogen-bond donors (Lipinski definition) is 0. The predicted molar refractivity (Wildman–Crippen MR) is 68.2 cm³/mol. The highest BCUT2D eigenvalue weighted by molar-refractivity contribution is 5.94. The number of halogens is 2. The van der Waals surface area contributed by atoms with Gasteiger partial charge in [-0.1, -0.05) is 0 Å². The lowest BCUT2D eigenvalue weighted by Crippen LogP contribution is -2.48. The van der Waals surface area contributed by atoms with E-state index in [1.165, 1.54) is 11.0 Å². The number of ether oxygens (including phenoxy) is 2. The molecule has 0 N–H and O–H groups in total. The monoisotopic (exact) mass is 285 g/mol. The standard InChI is InChI=1S/C14H17F2NO3/c1-19-14(20-2)5-7-17(8-6-14)13(18)11-4-3-10(15)9-12(11)16/h3-4,9H,5-8H2,1-2H3. The van der Waals surface area contributed by atoms with Crippen molar-refractivity contribution < 1.29 is 23.0 Å². The SMILES string of the molecule is COC1(OC)CCN(C(=O)c2ccc(F)cc2F)CC1. The van der Waals surface area contributed by atoms with Gasteiger partial charge in [-0.05, 0) is 12.1 Å². The molecule has 1 aromatic carbocycles. The third kappa shape index (κ3) is 2.81. The second-order valence-electron chi connectivity index (χ2n) is 4.74. The maximum Gasteiger partial charge on any atom is 0.256 e. The van der Waals surface area contributed by atoms with E-state index in [1.807, 2.05) is 0 Å². The number of carbonyl (C=O) groups is 1. The van der Waals surface area contributed by atoms with Crippen LogP contribution < -0.4 is 0 Å². The van der Waals surface area contributed by atoms with Crippen LogP contribution in [0.25, 0.3) is 0 Å². The quantitative estimate of drug-likeness (QED) is 0.799. The molecule has 1 heterocycles. The molecule has 1 aliphatic rings.